The zero-order chi connectivity index (χ0) is 15.7. The molecule has 0 aliphatic heterocycles. The van der Waals surface area contributed by atoms with Gasteiger partial charge < -0.3 is 4.74 Å². The number of ether oxygens (including phenoxy) is 1. The van der Waals surface area contributed by atoms with Crippen LogP contribution in [0.1, 0.15) is 21.6 Å². The Morgan fingerprint density at radius 3 is 2.77 bits per heavy atom. The smallest absolute Gasteiger partial charge is 0.340 e. The van der Waals surface area contributed by atoms with Crippen LogP contribution >= 0.6 is 11.6 Å². The van der Waals surface area contributed by atoms with E-state index in [4.69, 9.17) is 16.3 Å². The summed E-state index contributed by atoms with van der Waals surface area (Å²) in [7, 11) is 1.82. The summed E-state index contributed by atoms with van der Waals surface area (Å²) < 4.78 is 6.99. The summed E-state index contributed by atoms with van der Waals surface area (Å²) in [5.74, 6) is -0.410. The van der Waals surface area contributed by atoms with E-state index in [2.05, 4.69) is 10.1 Å². The molecular weight excluding hydrogens is 302 g/mol. The maximum absolute atomic E-state index is 12.1. The number of carbonyl (C=O) groups excluding carboxylic acids is 1. The summed E-state index contributed by atoms with van der Waals surface area (Å²) in [6, 6.07) is 8.92. The third kappa shape index (κ3) is 2.80. The highest BCUT2D eigenvalue weighted by Crippen LogP contribution is 2.17. The molecule has 0 aliphatic carbocycles. The van der Waals surface area contributed by atoms with Crippen LogP contribution in [0.3, 0.4) is 0 Å². The van der Waals surface area contributed by atoms with Gasteiger partial charge in [0.2, 0.25) is 0 Å². The fourth-order valence-corrected chi connectivity index (χ4v) is 2.36. The number of benzene rings is 1. The molecule has 3 rings (SSSR count). The molecule has 3 aromatic rings. The maximum Gasteiger partial charge on any atom is 0.340 e. The van der Waals surface area contributed by atoms with Gasteiger partial charge in [-0.1, -0.05) is 23.7 Å². The Bertz CT molecular complexity index is 840. The van der Waals surface area contributed by atoms with Gasteiger partial charge in [0.15, 0.2) is 5.65 Å². The van der Waals surface area contributed by atoms with Gasteiger partial charge in [-0.05, 0) is 30.7 Å². The Labute approximate surface area is 132 Å². The monoisotopic (exact) mass is 315 g/mol. The second-order valence-electron chi connectivity index (χ2n) is 5.01. The van der Waals surface area contributed by atoms with E-state index in [9.17, 15) is 4.79 Å². The number of aryl methyl sites for hydroxylation is 2. The molecule has 0 saturated carbocycles. The molecule has 0 saturated heterocycles. The number of fused-ring (bicyclic) bond motifs is 1. The van der Waals surface area contributed by atoms with Crippen molar-refractivity contribution >= 4 is 28.6 Å². The predicted octanol–water partition coefficient (Wildman–Crippen LogP) is 3.29. The minimum atomic E-state index is -0.410. The van der Waals surface area contributed by atoms with Gasteiger partial charge in [0.25, 0.3) is 0 Å². The highest BCUT2D eigenvalue weighted by atomic mass is 35.5. The van der Waals surface area contributed by atoms with Crippen molar-refractivity contribution in [1.29, 1.82) is 0 Å². The number of esters is 1. The van der Waals surface area contributed by atoms with Crippen LogP contribution in [-0.4, -0.2) is 20.7 Å². The first-order valence-corrected chi connectivity index (χ1v) is 7.13. The molecule has 0 unspecified atom stereocenters. The molecule has 0 atom stereocenters. The minimum absolute atomic E-state index is 0.195. The molecule has 2 heterocycles. The normalized spacial score (nSPS) is 10.9. The number of halogens is 1. The quantitative estimate of drug-likeness (QED) is 0.696. The van der Waals surface area contributed by atoms with Gasteiger partial charge in [-0.15, -0.1) is 0 Å². The van der Waals surface area contributed by atoms with Crippen molar-refractivity contribution in [3.05, 3.63) is 58.4 Å². The Kier molecular flexibility index (Phi) is 3.81. The summed E-state index contributed by atoms with van der Waals surface area (Å²) in [5.41, 5.74) is 2.87. The Morgan fingerprint density at radius 2 is 2.05 bits per heavy atom. The lowest BCUT2D eigenvalue weighted by atomic mass is 10.2. The molecule has 0 N–H and O–H groups in total. The minimum Gasteiger partial charge on any atom is -0.457 e. The molecule has 0 radical (unpaired) electrons. The van der Waals surface area contributed by atoms with Gasteiger partial charge >= 0.3 is 5.97 Å². The van der Waals surface area contributed by atoms with Crippen molar-refractivity contribution < 1.29 is 9.53 Å². The van der Waals surface area contributed by atoms with Crippen molar-refractivity contribution in [3.8, 4) is 0 Å². The van der Waals surface area contributed by atoms with Crippen molar-refractivity contribution in [2.75, 3.05) is 0 Å². The fraction of sp³-hybridized carbons (Fsp3) is 0.188. The van der Waals surface area contributed by atoms with E-state index in [1.54, 1.807) is 22.9 Å². The SMILES string of the molecule is Cc1nn(C)c2ncc(C(=O)OCc3ccc(Cl)cc3)cc12. The van der Waals surface area contributed by atoms with Crippen molar-refractivity contribution in [2.45, 2.75) is 13.5 Å². The topological polar surface area (TPSA) is 57.0 Å². The summed E-state index contributed by atoms with van der Waals surface area (Å²) in [5, 5.41) is 5.78. The van der Waals surface area contributed by atoms with E-state index < -0.39 is 5.97 Å². The largest absolute Gasteiger partial charge is 0.457 e. The third-order valence-electron chi connectivity index (χ3n) is 3.38. The number of carbonyl (C=O) groups is 1. The Morgan fingerprint density at radius 1 is 1.32 bits per heavy atom. The zero-order valence-electron chi connectivity index (χ0n) is 12.2. The van der Waals surface area contributed by atoms with Gasteiger partial charge in [-0.2, -0.15) is 5.10 Å². The summed E-state index contributed by atoms with van der Waals surface area (Å²) in [6.07, 6.45) is 1.51. The predicted molar refractivity (Wildman–Crippen MR) is 83.8 cm³/mol. The van der Waals surface area contributed by atoms with E-state index in [0.717, 1.165) is 22.3 Å². The number of rotatable bonds is 3. The first-order chi connectivity index (χ1) is 10.5. The lowest BCUT2D eigenvalue weighted by Gasteiger charge is -2.05. The Hall–Kier alpha value is -2.40. The van der Waals surface area contributed by atoms with E-state index in [0.29, 0.717) is 10.6 Å². The number of aromatic nitrogens is 3. The van der Waals surface area contributed by atoms with Crippen LogP contribution in [0.15, 0.2) is 36.5 Å². The zero-order valence-corrected chi connectivity index (χ0v) is 13.0. The molecular formula is C16H14ClN3O2. The maximum atomic E-state index is 12.1. The van der Waals surface area contributed by atoms with Gasteiger partial charge in [0, 0.05) is 23.7 Å². The molecule has 0 bridgehead atoms. The fourth-order valence-electron chi connectivity index (χ4n) is 2.23. The molecule has 0 fully saturated rings. The second-order valence-corrected chi connectivity index (χ2v) is 5.44. The van der Waals surface area contributed by atoms with Crippen LogP contribution in [-0.2, 0) is 18.4 Å². The standard InChI is InChI=1S/C16H14ClN3O2/c1-10-14-7-12(8-18-15(14)20(2)19-10)16(21)22-9-11-3-5-13(17)6-4-11/h3-8H,9H2,1-2H3. The van der Waals surface area contributed by atoms with E-state index in [1.165, 1.54) is 6.20 Å². The van der Waals surface area contributed by atoms with E-state index in [1.807, 2.05) is 26.1 Å². The van der Waals surface area contributed by atoms with Crippen LogP contribution in [0.5, 0.6) is 0 Å². The lowest BCUT2D eigenvalue weighted by Crippen LogP contribution is -2.06. The number of hydrogen-bond acceptors (Lipinski definition) is 4. The van der Waals surface area contributed by atoms with Crippen LogP contribution in [0.25, 0.3) is 11.0 Å². The van der Waals surface area contributed by atoms with Crippen molar-refractivity contribution in [2.24, 2.45) is 7.05 Å². The second kappa shape index (κ2) is 5.77. The van der Waals surface area contributed by atoms with Crippen molar-refractivity contribution in [3.63, 3.8) is 0 Å². The average Bonchev–Trinajstić information content (AvgIpc) is 2.81. The van der Waals surface area contributed by atoms with Gasteiger partial charge in [0.1, 0.15) is 6.61 Å². The summed E-state index contributed by atoms with van der Waals surface area (Å²) >= 11 is 5.82. The van der Waals surface area contributed by atoms with Crippen LogP contribution in [0.4, 0.5) is 0 Å². The van der Waals surface area contributed by atoms with Crippen molar-refractivity contribution in [1.82, 2.24) is 14.8 Å². The molecule has 2 aromatic heterocycles. The molecule has 1 aromatic carbocycles. The highest BCUT2D eigenvalue weighted by Gasteiger charge is 2.13. The molecule has 112 valence electrons. The molecule has 0 aliphatic rings. The van der Waals surface area contributed by atoms with E-state index in [-0.39, 0.29) is 6.61 Å². The molecule has 0 amide bonds. The van der Waals surface area contributed by atoms with Gasteiger partial charge in [-0.3, -0.25) is 4.68 Å². The first kappa shape index (κ1) is 14.5. The van der Waals surface area contributed by atoms with Crippen LogP contribution in [0, 0.1) is 6.92 Å². The molecule has 0 spiro atoms. The lowest BCUT2D eigenvalue weighted by molar-refractivity contribution is 0.0472. The Balaban J connectivity index is 1.77. The van der Waals surface area contributed by atoms with Gasteiger partial charge in [0.05, 0.1) is 11.3 Å². The molecule has 6 heteroatoms. The van der Waals surface area contributed by atoms with E-state index >= 15 is 0 Å². The summed E-state index contributed by atoms with van der Waals surface area (Å²) in [6.45, 7) is 2.08. The number of nitrogens with zero attached hydrogens (tertiary/aromatic N) is 3. The third-order valence-corrected chi connectivity index (χ3v) is 3.63. The average molecular weight is 316 g/mol. The van der Waals surface area contributed by atoms with Gasteiger partial charge in [-0.25, -0.2) is 9.78 Å². The first-order valence-electron chi connectivity index (χ1n) is 6.75. The van der Waals surface area contributed by atoms with Crippen LogP contribution in [0.2, 0.25) is 5.02 Å². The highest BCUT2D eigenvalue weighted by molar-refractivity contribution is 6.30. The number of hydrogen-bond donors (Lipinski definition) is 0. The van der Waals surface area contributed by atoms with Crippen LogP contribution < -0.4 is 0 Å². The number of pyridine rings is 1. The summed E-state index contributed by atoms with van der Waals surface area (Å²) in [4.78, 5) is 16.4. The molecule has 5 nitrogen and oxygen atoms in total. The molecule has 22 heavy (non-hydrogen) atoms.